The van der Waals surface area contributed by atoms with Crippen molar-refractivity contribution in [3.8, 4) is 0 Å². The summed E-state index contributed by atoms with van der Waals surface area (Å²) in [5, 5.41) is 15.5. The van der Waals surface area contributed by atoms with Crippen LogP contribution in [0.25, 0.3) is 0 Å². The van der Waals surface area contributed by atoms with E-state index in [1.54, 1.807) is 49.2 Å². The molecule has 0 fully saturated rings. The van der Waals surface area contributed by atoms with E-state index in [2.05, 4.69) is 10.3 Å². The standard InChI is InChI=1S/C13H15N5O2/c1-17-8-10(7-15-17)13(19)18(2)11-5-3-9(4-6-11)12(14)16-20/h3-8,20H,1-2H3,(H2,14,16). The second-order valence-electron chi connectivity index (χ2n) is 4.30. The summed E-state index contributed by atoms with van der Waals surface area (Å²) < 4.78 is 1.57. The van der Waals surface area contributed by atoms with Gasteiger partial charge in [0.1, 0.15) is 0 Å². The number of anilines is 1. The van der Waals surface area contributed by atoms with Gasteiger partial charge in [-0.15, -0.1) is 0 Å². The number of benzene rings is 1. The van der Waals surface area contributed by atoms with Gasteiger partial charge in [-0.2, -0.15) is 5.10 Å². The van der Waals surface area contributed by atoms with Gasteiger partial charge in [0, 0.05) is 31.5 Å². The Balaban J connectivity index is 2.21. The summed E-state index contributed by atoms with van der Waals surface area (Å²) in [6, 6.07) is 6.80. The highest BCUT2D eigenvalue weighted by molar-refractivity contribution is 6.05. The summed E-state index contributed by atoms with van der Waals surface area (Å²) in [5.74, 6) is -0.132. The van der Waals surface area contributed by atoms with Crippen molar-refractivity contribution in [2.24, 2.45) is 17.9 Å². The minimum Gasteiger partial charge on any atom is -0.409 e. The van der Waals surface area contributed by atoms with Gasteiger partial charge in [-0.25, -0.2) is 0 Å². The first-order chi connectivity index (χ1) is 9.52. The summed E-state index contributed by atoms with van der Waals surface area (Å²) in [6.07, 6.45) is 3.17. The third-order valence-corrected chi connectivity index (χ3v) is 2.91. The van der Waals surface area contributed by atoms with Crippen molar-refractivity contribution in [2.45, 2.75) is 0 Å². The Kier molecular flexibility index (Phi) is 3.69. The lowest BCUT2D eigenvalue weighted by molar-refractivity contribution is 0.0993. The number of aryl methyl sites for hydroxylation is 1. The third kappa shape index (κ3) is 2.61. The average molecular weight is 273 g/mol. The van der Waals surface area contributed by atoms with Crippen LogP contribution in [0, 0.1) is 0 Å². The molecule has 1 aromatic heterocycles. The van der Waals surface area contributed by atoms with Gasteiger partial charge in [0.15, 0.2) is 5.84 Å². The van der Waals surface area contributed by atoms with Crippen LogP contribution in [0.3, 0.4) is 0 Å². The van der Waals surface area contributed by atoms with Crippen molar-refractivity contribution >= 4 is 17.4 Å². The van der Waals surface area contributed by atoms with Crippen LogP contribution in [-0.4, -0.2) is 33.8 Å². The molecule has 0 spiro atoms. The first-order valence-electron chi connectivity index (χ1n) is 5.87. The Labute approximate surface area is 115 Å². The number of hydrogen-bond donors (Lipinski definition) is 2. The zero-order valence-corrected chi connectivity index (χ0v) is 11.2. The maximum Gasteiger partial charge on any atom is 0.261 e. The number of nitrogens with zero attached hydrogens (tertiary/aromatic N) is 4. The number of amidine groups is 1. The monoisotopic (exact) mass is 273 g/mol. The van der Waals surface area contributed by atoms with E-state index in [9.17, 15) is 4.79 Å². The molecule has 7 nitrogen and oxygen atoms in total. The van der Waals surface area contributed by atoms with E-state index >= 15 is 0 Å². The van der Waals surface area contributed by atoms with Crippen molar-refractivity contribution in [3.05, 3.63) is 47.8 Å². The molecule has 3 N–H and O–H groups in total. The van der Waals surface area contributed by atoms with Gasteiger partial charge in [-0.1, -0.05) is 5.16 Å². The normalized spacial score (nSPS) is 11.4. The zero-order valence-electron chi connectivity index (χ0n) is 11.2. The number of oxime groups is 1. The third-order valence-electron chi connectivity index (χ3n) is 2.91. The van der Waals surface area contributed by atoms with Crippen LogP contribution in [0.1, 0.15) is 15.9 Å². The van der Waals surface area contributed by atoms with Gasteiger partial charge >= 0.3 is 0 Å². The Hall–Kier alpha value is -2.83. The summed E-state index contributed by atoms with van der Waals surface area (Å²) in [5.41, 5.74) is 7.28. The highest BCUT2D eigenvalue weighted by Gasteiger charge is 2.15. The Bertz CT molecular complexity index is 645. The van der Waals surface area contributed by atoms with Crippen molar-refractivity contribution in [2.75, 3.05) is 11.9 Å². The predicted molar refractivity (Wildman–Crippen MR) is 74.9 cm³/mol. The number of hydrogen-bond acceptors (Lipinski definition) is 4. The summed E-state index contributed by atoms with van der Waals surface area (Å²) in [6.45, 7) is 0. The van der Waals surface area contributed by atoms with Crippen molar-refractivity contribution < 1.29 is 10.0 Å². The second-order valence-corrected chi connectivity index (χ2v) is 4.30. The molecule has 0 aliphatic carbocycles. The van der Waals surface area contributed by atoms with Gasteiger partial charge in [-0.3, -0.25) is 9.48 Å². The van der Waals surface area contributed by atoms with E-state index in [1.165, 1.54) is 11.1 Å². The molecule has 0 atom stereocenters. The van der Waals surface area contributed by atoms with Crippen LogP contribution >= 0.6 is 0 Å². The Morgan fingerprint density at radius 1 is 1.35 bits per heavy atom. The number of carbonyl (C=O) groups excluding carboxylic acids is 1. The molecule has 104 valence electrons. The van der Waals surface area contributed by atoms with Crippen LogP contribution in [0.15, 0.2) is 41.8 Å². The van der Waals surface area contributed by atoms with Gasteiger partial charge < -0.3 is 15.8 Å². The molecule has 20 heavy (non-hydrogen) atoms. The van der Waals surface area contributed by atoms with Crippen LogP contribution in [-0.2, 0) is 7.05 Å². The first-order valence-corrected chi connectivity index (χ1v) is 5.87. The lowest BCUT2D eigenvalue weighted by Gasteiger charge is -2.16. The van der Waals surface area contributed by atoms with E-state index in [-0.39, 0.29) is 11.7 Å². The van der Waals surface area contributed by atoms with Crippen LogP contribution in [0.5, 0.6) is 0 Å². The fourth-order valence-corrected chi connectivity index (χ4v) is 1.76. The fourth-order valence-electron chi connectivity index (χ4n) is 1.76. The molecule has 0 aliphatic rings. The molecule has 0 bridgehead atoms. The lowest BCUT2D eigenvalue weighted by Crippen LogP contribution is -2.26. The highest BCUT2D eigenvalue weighted by atomic mass is 16.4. The maximum absolute atomic E-state index is 12.2. The fraction of sp³-hybridized carbons (Fsp3) is 0.154. The van der Waals surface area contributed by atoms with E-state index < -0.39 is 0 Å². The molecule has 1 amide bonds. The highest BCUT2D eigenvalue weighted by Crippen LogP contribution is 2.16. The smallest absolute Gasteiger partial charge is 0.261 e. The van der Waals surface area contributed by atoms with E-state index in [0.717, 1.165) is 0 Å². The van der Waals surface area contributed by atoms with E-state index in [4.69, 9.17) is 10.9 Å². The predicted octanol–water partition coefficient (Wildman–Crippen LogP) is 0.791. The summed E-state index contributed by atoms with van der Waals surface area (Å²) in [7, 11) is 3.43. The first kappa shape index (κ1) is 13.6. The van der Waals surface area contributed by atoms with Gasteiger partial charge in [0.05, 0.1) is 11.8 Å². The molecule has 2 aromatic rings. The van der Waals surface area contributed by atoms with Gasteiger partial charge in [0.25, 0.3) is 5.91 Å². The molecule has 1 heterocycles. The molecule has 1 aromatic carbocycles. The van der Waals surface area contributed by atoms with E-state index in [0.29, 0.717) is 16.8 Å². The SMILES string of the molecule is CN(C(=O)c1cnn(C)c1)c1ccc(C(N)=NO)cc1. The molecule has 7 heteroatoms. The number of rotatable bonds is 3. The molecule has 0 aliphatic heterocycles. The Morgan fingerprint density at radius 2 is 2.00 bits per heavy atom. The minimum atomic E-state index is -0.158. The number of nitrogens with two attached hydrogens (primary N) is 1. The lowest BCUT2D eigenvalue weighted by atomic mass is 10.1. The van der Waals surface area contributed by atoms with Gasteiger partial charge in [-0.05, 0) is 24.3 Å². The number of carbonyl (C=O) groups is 1. The molecule has 0 unspecified atom stereocenters. The van der Waals surface area contributed by atoms with Crippen LogP contribution in [0.4, 0.5) is 5.69 Å². The molecular weight excluding hydrogens is 258 g/mol. The number of amides is 1. The van der Waals surface area contributed by atoms with Crippen molar-refractivity contribution in [1.82, 2.24) is 9.78 Å². The van der Waals surface area contributed by atoms with E-state index in [1.807, 2.05) is 0 Å². The maximum atomic E-state index is 12.2. The largest absolute Gasteiger partial charge is 0.409 e. The van der Waals surface area contributed by atoms with Crippen LogP contribution in [0.2, 0.25) is 0 Å². The topological polar surface area (TPSA) is 96.7 Å². The average Bonchev–Trinajstić information content (AvgIpc) is 2.91. The van der Waals surface area contributed by atoms with Crippen LogP contribution < -0.4 is 10.6 Å². The molecule has 0 radical (unpaired) electrons. The molecular formula is C13H15N5O2. The Morgan fingerprint density at radius 3 is 2.50 bits per heavy atom. The minimum absolute atomic E-state index is 0.0257. The molecule has 2 rings (SSSR count). The van der Waals surface area contributed by atoms with Crippen molar-refractivity contribution in [1.29, 1.82) is 0 Å². The molecule has 0 saturated carbocycles. The quantitative estimate of drug-likeness (QED) is 0.374. The van der Waals surface area contributed by atoms with Crippen molar-refractivity contribution in [3.63, 3.8) is 0 Å². The zero-order chi connectivity index (χ0) is 14.7. The summed E-state index contributed by atoms with van der Waals surface area (Å²) in [4.78, 5) is 13.7. The summed E-state index contributed by atoms with van der Waals surface area (Å²) >= 11 is 0. The van der Waals surface area contributed by atoms with Gasteiger partial charge in [0.2, 0.25) is 0 Å². The second kappa shape index (κ2) is 5.43. The molecule has 0 saturated heterocycles. The number of aromatic nitrogens is 2.